The minimum absolute atomic E-state index is 0.0422. The van der Waals surface area contributed by atoms with Crippen molar-refractivity contribution in [1.82, 2.24) is 25.9 Å². The summed E-state index contributed by atoms with van der Waals surface area (Å²) in [6, 6.07) is -1.36. The predicted molar refractivity (Wildman–Crippen MR) is 110 cm³/mol. The minimum atomic E-state index is -2.24. The molecule has 4 rings (SSSR count). The molecule has 3 fully saturated rings. The normalized spacial score (nSPS) is 46.3. The van der Waals surface area contributed by atoms with Crippen molar-refractivity contribution < 1.29 is 34.6 Å². The zero-order valence-corrected chi connectivity index (χ0v) is 18.4. The Bertz CT molecular complexity index is 778. The molecule has 1 aliphatic carbocycles. The van der Waals surface area contributed by atoms with E-state index in [0.717, 1.165) is 0 Å². The molecule has 1 saturated carbocycles. The van der Waals surface area contributed by atoms with Gasteiger partial charge in [0.05, 0.1) is 30.0 Å². The number of nitrogens with zero attached hydrogens (tertiary/aromatic N) is 2. The van der Waals surface area contributed by atoms with Gasteiger partial charge in [-0.3, -0.25) is 9.97 Å². The Balaban J connectivity index is 1.57. The van der Waals surface area contributed by atoms with Gasteiger partial charge in [0.15, 0.2) is 0 Å². The molecule has 1 aromatic rings. The number of hydrogen-bond acceptors (Lipinski definition) is 12. The van der Waals surface area contributed by atoms with Gasteiger partial charge in [-0.25, -0.2) is 0 Å². The maximum atomic E-state index is 11.6. The molecule has 3 heterocycles. The molecule has 0 spiro atoms. The highest BCUT2D eigenvalue weighted by Crippen LogP contribution is 2.46. The van der Waals surface area contributed by atoms with Gasteiger partial charge >= 0.3 is 0 Å². The van der Waals surface area contributed by atoms with Gasteiger partial charge in [-0.2, -0.15) is 0 Å². The Morgan fingerprint density at radius 1 is 1.06 bits per heavy atom. The molecule has 0 amide bonds. The van der Waals surface area contributed by atoms with Gasteiger partial charge in [0.25, 0.3) is 0 Å². The molecule has 3 aliphatic rings. The quantitative estimate of drug-likeness (QED) is 0.230. The molecule has 32 heavy (non-hydrogen) atoms. The lowest BCUT2D eigenvalue weighted by Crippen LogP contribution is -2.81. The monoisotopic (exact) mass is 455 g/mol. The molecule has 12 heteroatoms. The van der Waals surface area contributed by atoms with Crippen LogP contribution in [0.25, 0.3) is 0 Å². The van der Waals surface area contributed by atoms with Crippen molar-refractivity contribution >= 4 is 0 Å². The third-order valence-corrected chi connectivity index (χ3v) is 6.69. The van der Waals surface area contributed by atoms with E-state index in [-0.39, 0.29) is 13.0 Å². The highest BCUT2D eigenvalue weighted by Gasteiger charge is 2.68. The average molecular weight is 456 g/mol. The van der Waals surface area contributed by atoms with Crippen molar-refractivity contribution in [3.63, 3.8) is 0 Å². The van der Waals surface area contributed by atoms with Crippen molar-refractivity contribution in [2.45, 2.75) is 80.2 Å². The second-order valence-electron chi connectivity index (χ2n) is 8.80. The summed E-state index contributed by atoms with van der Waals surface area (Å²) in [4.78, 5) is 8.20. The van der Waals surface area contributed by atoms with Crippen LogP contribution < -0.4 is 16.0 Å². The summed E-state index contributed by atoms with van der Waals surface area (Å²) in [7, 11) is 3.27. The predicted octanol–water partition coefficient (Wildman–Crippen LogP) is -3.18. The molecule has 1 aromatic heterocycles. The van der Waals surface area contributed by atoms with Crippen LogP contribution in [-0.4, -0.2) is 111 Å². The molecule has 7 N–H and O–H groups in total. The smallest absolute Gasteiger partial charge is 0.249 e. The first-order valence-corrected chi connectivity index (χ1v) is 10.8. The SMILES string of the molecule is CN[C@@H]1[C@H](O)[C@H](NC)[C@H]2O[C@]3(O)[C@H](O[C@@H]2[C@H]1O)O[C@H](C)C[C@@]3(O)CNCc1cnccn1. The van der Waals surface area contributed by atoms with Gasteiger partial charge in [-0.15, -0.1) is 0 Å². The van der Waals surface area contributed by atoms with E-state index in [9.17, 15) is 20.4 Å². The van der Waals surface area contributed by atoms with Gasteiger partial charge in [-0.1, -0.05) is 0 Å². The lowest BCUT2D eigenvalue weighted by molar-refractivity contribution is -0.482. The summed E-state index contributed by atoms with van der Waals surface area (Å²) in [5, 5.41) is 53.7. The summed E-state index contributed by atoms with van der Waals surface area (Å²) in [6.07, 6.45) is -0.979. The maximum absolute atomic E-state index is 11.6. The van der Waals surface area contributed by atoms with Crippen molar-refractivity contribution in [1.29, 1.82) is 0 Å². The number of rotatable bonds is 6. The third-order valence-electron chi connectivity index (χ3n) is 6.69. The number of ether oxygens (including phenoxy) is 3. The van der Waals surface area contributed by atoms with Crippen LogP contribution in [0.3, 0.4) is 0 Å². The zero-order chi connectivity index (χ0) is 23.1. The van der Waals surface area contributed by atoms with Crippen molar-refractivity contribution in [2.75, 3.05) is 20.6 Å². The number of fused-ring (bicyclic) bond motifs is 2. The number of hydrogen-bond donors (Lipinski definition) is 7. The molecule has 0 aromatic carbocycles. The summed E-state index contributed by atoms with van der Waals surface area (Å²) >= 11 is 0. The van der Waals surface area contributed by atoms with E-state index in [4.69, 9.17) is 14.2 Å². The lowest BCUT2D eigenvalue weighted by atomic mass is 9.77. The Labute approximate surface area is 186 Å². The fourth-order valence-electron chi connectivity index (χ4n) is 5.05. The Morgan fingerprint density at radius 3 is 2.47 bits per heavy atom. The highest BCUT2D eigenvalue weighted by molar-refractivity contribution is 5.12. The number of aliphatic hydroxyl groups excluding tert-OH is 2. The van der Waals surface area contributed by atoms with Crippen molar-refractivity contribution in [3.8, 4) is 0 Å². The maximum Gasteiger partial charge on any atom is 0.249 e. The molecular formula is C20H33N5O7. The van der Waals surface area contributed by atoms with Crippen LogP contribution in [-0.2, 0) is 20.8 Å². The van der Waals surface area contributed by atoms with E-state index < -0.39 is 60.3 Å². The van der Waals surface area contributed by atoms with Crippen molar-refractivity contribution in [2.24, 2.45) is 0 Å². The van der Waals surface area contributed by atoms with Crippen LogP contribution in [0.15, 0.2) is 18.6 Å². The van der Waals surface area contributed by atoms with Crippen LogP contribution >= 0.6 is 0 Å². The summed E-state index contributed by atoms with van der Waals surface area (Å²) in [5.41, 5.74) is -1.11. The lowest BCUT2D eigenvalue weighted by Gasteiger charge is -2.60. The Hall–Kier alpha value is -1.32. The first-order valence-electron chi connectivity index (χ1n) is 10.8. The van der Waals surface area contributed by atoms with Gasteiger partial charge in [-0.05, 0) is 21.0 Å². The molecule has 12 nitrogen and oxygen atoms in total. The zero-order valence-electron chi connectivity index (χ0n) is 18.4. The molecule has 2 aliphatic heterocycles. The number of likely N-dealkylation sites (N-methyl/N-ethyl adjacent to an activating group) is 2. The third kappa shape index (κ3) is 3.94. The first-order chi connectivity index (χ1) is 15.2. The van der Waals surface area contributed by atoms with Crippen LogP contribution in [0.2, 0.25) is 0 Å². The van der Waals surface area contributed by atoms with Crippen molar-refractivity contribution in [3.05, 3.63) is 24.3 Å². The fourth-order valence-corrected chi connectivity index (χ4v) is 5.05. The van der Waals surface area contributed by atoms with E-state index >= 15 is 0 Å². The van der Waals surface area contributed by atoms with Gasteiger partial charge < -0.3 is 50.6 Å². The van der Waals surface area contributed by atoms with Crippen LogP contribution in [0.5, 0.6) is 0 Å². The van der Waals surface area contributed by atoms with Crippen LogP contribution in [0.1, 0.15) is 19.0 Å². The van der Waals surface area contributed by atoms with Crippen LogP contribution in [0.4, 0.5) is 0 Å². The number of aliphatic hydroxyl groups is 4. The molecular weight excluding hydrogens is 422 g/mol. The van der Waals surface area contributed by atoms with E-state index in [1.54, 1.807) is 39.6 Å². The van der Waals surface area contributed by atoms with E-state index in [1.807, 2.05) is 0 Å². The summed E-state index contributed by atoms with van der Waals surface area (Å²) < 4.78 is 17.9. The van der Waals surface area contributed by atoms with E-state index in [1.165, 1.54) is 0 Å². The number of aromatic nitrogens is 2. The first kappa shape index (κ1) is 23.8. The van der Waals surface area contributed by atoms with Crippen LogP contribution in [0, 0.1) is 0 Å². The molecule has 0 unspecified atom stereocenters. The van der Waals surface area contributed by atoms with Gasteiger partial charge in [0.2, 0.25) is 12.1 Å². The van der Waals surface area contributed by atoms with Gasteiger partial charge in [0, 0.05) is 38.1 Å². The highest BCUT2D eigenvalue weighted by atomic mass is 16.8. The second-order valence-corrected chi connectivity index (χ2v) is 8.80. The van der Waals surface area contributed by atoms with E-state index in [2.05, 4.69) is 25.9 Å². The number of nitrogens with one attached hydrogen (secondary N) is 3. The standard InChI is InChI=1S/C20H33N5O7/c1-10-6-19(28,9-24-8-11-7-23-4-5-25-11)20(29)18(30-10)31-17-15(27)12(21-2)14(26)13(22-3)16(17)32-20/h4-5,7,10,12-18,21-22,24,26-29H,6,8-9H2,1-3H3/t10-,12-,13+,14+,15+,16-,17-,18+,19-,20-/m1/s1. The van der Waals surface area contributed by atoms with E-state index in [0.29, 0.717) is 12.2 Å². The largest absolute Gasteiger partial charge is 0.390 e. The minimum Gasteiger partial charge on any atom is -0.390 e. The summed E-state index contributed by atoms with van der Waals surface area (Å²) in [5.74, 6) is -2.24. The molecule has 0 bridgehead atoms. The van der Waals surface area contributed by atoms with Gasteiger partial charge in [0.1, 0.15) is 23.9 Å². The second kappa shape index (κ2) is 9.14. The Kier molecular flexibility index (Phi) is 6.81. The molecule has 10 atom stereocenters. The topological polar surface area (TPSA) is 170 Å². The molecule has 0 radical (unpaired) electrons. The summed E-state index contributed by atoms with van der Waals surface area (Å²) in [6.45, 7) is 2.04. The average Bonchev–Trinajstić information content (AvgIpc) is 2.75. The fraction of sp³-hybridized carbons (Fsp3) is 0.800. The Morgan fingerprint density at radius 2 is 1.81 bits per heavy atom. The molecule has 2 saturated heterocycles. The molecule has 180 valence electrons.